The predicted molar refractivity (Wildman–Crippen MR) is 61.0 cm³/mol. The van der Waals surface area contributed by atoms with E-state index < -0.39 is 5.91 Å². The highest BCUT2D eigenvalue weighted by Crippen LogP contribution is 2.34. The van der Waals surface area contributed by atoms with Gasteiger partial charge in [-0.1, -0.05) is 0 Å². The Hall–Kier alpha value is -2.21. The third-order valence-corrected chi connectivity index (χ3v) is 2.39. The highest BCUT2D eigenvalue weighted by atomic mass is 16.5. The average molecular weight is 236 g/mol. The number of nitrogens with two attached hydrogens (primary N) is 1. The summed E-state index contributed by atoms with van der Waals surface area (Å²) in [6, 6.07) is 5.18. The Morgan fingerprint density at radius 1 is 1.35 bits per heavy atom. The van der Waals surface area contributed by atoms with E-state index in [4.69, 9.17) is 19.7 Å². The first kappa shape index (κ1) is 11.3. The summed E-state index contributed by atoms with van der Waals surface area (Å²) in [5.41, 5.74) is 2.50. The summed E-state index contributed by atoms with van der Waals surface area (Å²) < 4.78 is 15.6. The molecule has 0 radical (unpaired) electrons. The van der Waals surface area contributed by atoms with Crippen molar-refractivity contribution in [1.82, 2.24) is 5.43 Å². The zero-order valence-electron chi connectivity index (χ0n) is 9.44. The Labute approximate surface area is 97.3 Å². The lowest BCUT2D eigenvalue weighted by molar-refractivity contribution is 0.0924. The number of rotatable bonds is 3. The fourth-order valence-electron chi connectivity index (χ4n) is 1.60. The van der Waals surface area contributed by atoms with Crippen LogP contribution >= 0.6 is 0 Å². The molecule has 0 saturated heterocycles. The lowest BCUT2D eigenvalue weighted by Crippen LogP contribution is -2.29. The van der Waals surface area contributed by atoms with Crippen LogP contribution in [0.4, 0.5) is 0 Å². The zero-order valence-corrected chi connectivity index (χ0v) is 9.44. The summed E-state index contributed by atoms with van der Waals surface area (Å²) in [5, 5.41) is 0.687. The van der Waals surface area contributed by atoms with Crippen molar-refractivity contribution in [3.05, 3.63) is 24.0 Å². The molecule has 1 aromatic carbocycles. The molecule has 0 aliphatic rings. The fraction of sp³-hybridized carbons (Fsp3) is 0.182. The van der Waals surface area contributed by atoms with E-state index in [0.29, 0.717) is 22.5 Å². The topological polar surface area (TPSA) is 86.7 Å². The summed E-state index contributed by atoms with van der Waals surface area (Å²) in [4.78, 5) is 11.5. The number of nitrogen functional groups attached to an aromatic ring is 1. The highest BCUT2D eigenvalue weighted by molar-refractivity contribution is 6.01. The third-order valence-electron chi connectivity index (χ3n) is 2.39. The molecule has 3 N–H and O–H groups in total. The predicted octanol–water partition coefficient (Wildman–Crippen LogP) is 1.05. The van der Waals surface area contributed by atoms with Gasteiger partial charge in [0.1, 0.15) is 11.3 Å². The van der Waals surface area contributed by atoms with Gasteiger partial charge in [0.2, 0.25) is 5.76 Å². The van der Waals surface area contributed by atoms with Gasteiger partial charge in [-0.15, -0.1) is 0 Å². The number of benzene rings is 1. The van der Waals surface area contributed by atoms with Gasteiger partial charge in [0.05, 0.1) is 19.6 Å². The molecule has 0 unspecified atom stereocenters. The number of carbonyl (C=O) groups excluding carboxylic acids is 1. The van der Waals surface area contributed by atoms with Gasteiger partial charge in [0.25, 0.3) is 0 Å². The minimum Gasteiger partial charge on any atom is -0.497 e. The number of hydrogen-bond acceptors (Lipinski definition) is 5. The molecule has 0 saturated carbocycles. The molecule has 17 heavy (non-hydrogen) atoms. The number of hydrogen-bond donors (Lipinski definition) is 2. The van der Waals surface area contributed by atoms with Gasteiger partial charge in [0.15, 0.2) is 5.75 Å². The van der Waals surface area contributed by atoms with Crippen LogP contribution in [0.25, 0.3) is 11.0 Å². The lowest BCUT2D eigenvalue weighted by Gasteiger charge is -1.99. The molecule has 0 aliphatic carbocycles. The van der Waals surface area contributed by atoms with Crippen LogP contribution in [-0.2, 0) is 0 Å². The number of nitrogens with one attached hydrogen (secondary N) is 1. The standard InChI is InChI=1S/C11H12N2O4/c1-15-6-3-4-7-8(5-6)17-10(9(7)16-2)11(14)13-12/h3-5H,12H2,1-2H3,(H,13,14). The van der Waals surface area contributed by atoms with E-state index in [-0.39, 0.29) is 5.76 Å². The zero-order chi connectivity index (χ0) is 12.4. The number of furan rings is 1. The molecule has 6 nitrogen and oxygen atoms in total. The van der Waals surface area contributed by atoms with Crippen LogP contribution < -0.4 is 20.7 Å². The molecule has 2 rings (SSSR count). The van der Waals surface area contributed by atoms with Gasteiger partial charge in [-0.3, -0.25) is 10.2 Å². The fourth-order valence-corrected chi connectivity index (χ4v) is 1.60. The van der Waals surface area contributed by atoms with Crippen molar-refractivity contribution in [3.8, 4) is 11.5 Å². The summed E-state index contributed by atoms with van der Waals surface area (Å²) >= 11 is 0. The maximum absolute atomic E-state index is 11.5. The van der Waals surface area contributed by atoms with E-state index in [1.54, 1.807) is 25.3 Å². The molecular formula is C11H12N2O4. The van der Waals surface area contributed by atoms with Crippen molar-refractivity contribution >= 4 is 16.9 Å². The second kappa shape index (κ2) is 4.34. The Kier molecular flexibility index (Phi) is 2.88. The molecule has 2 aromatic rings. The molecule has 0 bridgehead atoms. The van der Waals surface area contributed by atoms with E-state index in [9.17, 15) is 4.79 Å². The number of amides is 1. The lowest BCUT2D eigenvalue weighted by atomic mass is 10.2. The molecule has 0 atom stereocenters. The van der Waals surface area contributed by atoms with E-state index in [1.807, 2.05) is 5.43 Å². The monoisotopic (exact) mass is 236 g/mol. The Balaban J connectivity index is 2.65. The number of fused-ring (bicyclic) bond motifs is 1. The number of ether oxygens (including phenoxy) is 2. The van der Waals surface area contributed by atoms with Gasteiger partial charge < -0.3 is 13.9 Å². The first-order chi connectivity index (χ1) is 8.21. The van der Waals surface area contributed by atoms with Crippen molar-refractivity contribution < 1.29 is 18.7 Å². The largest absolute Gasteiger partial charge is 0.497 e. The Morgan fingerprint density at radius 2 is 2.12 bits per heavy atom. The summed E-state index contributed by atoms with van der Waals surface area (Å²) in [6.07, 6.45) is 0. The quantitative estimate of drug-likeness (QED) is 0.472. The summed E-state index contributed by atoms with van der Waals surface area (Å²) in [5.74, 6) is 5.55. The van der Waals surface area contributed by atoms with Crippen molar-refractivity contribution in [2.75, 3.05) is 14.2 Å². The first-order valence-corrected chi connectivity index (χ1v) is 4.86. The SMILES string of the molecule is COc1ccc2c(OC)c(C(=O)NN)oc2c1. The van der Waals surface area contributed by atoms with Gasteiger partial charge in [-0.25, -0.2) is 5.84 Å². The van der Waals surface area contributed by atoms with Crippen molar-refractivity contribution in [2.45, 2.75) is 0 Å². The van der Waals surface area contributed by atoms with Crippen LogP contribution in [0.1, 0.15) is 10.6 Å². The summed E-state index contributed by atoms with van der Waals surface area (Å²) in [6.45, 7) is 0. The molecule has 1 heterocycles. The van der Waals surface area contributed by atoms with Gasteiger partial charge >= 0.3 is 5.91 Å². The number of carbonyl (C=O) groups is 1. The van der Waals surface area contributed by atoms with Gasteiger partial charge in [-0.05, 0) is 12.1 Å². The summed E-state index contributed by atoms with van der Waals surface area (Å²) in [7, 11) is 3.01. The Bertz CT molecular complexity index is 562. The van der Waals surface area contributed by atoms with Crippen LogP contribution in [-0.4, -0.2) is 20.1 Å². The van der Waals surface area contributed by atoms with E-state index in [2.05, 4.69) is 0 Å². The number of methoxy groups -OCH3 is 2. The van der Waals surface area contributed by atoms with Gasteiger partial charge in [-0.2, -0.15) is 0 Å². The molecule has 1 aromatic heterocycles. The minimum atomic E-state index is -0.544. The maximum atomic E-state index is 11.5. The molecular weight excluding hydrogens is 224 g/mol. The van der Waals surface area contributed by atoms with Crippen molar-refractivity contribution in [2.24, 2.45) is 5.84 Å². The molecule has 0 aliphatic heterocycles. The van der Waals surface area contributed by atoms with Crippen LogP contribution in [0.15, 0.2) is 22.6 Å². The highest BCUT2D eigenvalue weighted by Gasteiger charge is 2.21. The minimum absolute atomic E-state index is 0.0400. The second-order valence-electron chi connectivity index (χ2n) is 3.30. The molecule has 0 fully saturated rings. The molecule has 90 valence electrons. The van der Waals surface area contributed by atoms with E-state index in [0.717, 1.165) is 0 Å². The van der Waals surface area contributed by atoms with Crippen LogP contribution in [0, 0.1) is 0 Å². The molecule has 0 spiro atoms. The van der Waals surface area contributed by atoms with Gasteiger partial charge in [0, 0.05) is 6.07 Å². The van der Waals surface area contributed by atoms with Crippen LogP contribution in [0.2, 0.25) is 0 Å². The van der Waals surface area contributed by atoms with Crippen LogP contribution in [0.5, 0.6) is 11.5 Å². The Morgan fingerprint density at radius 3 is 2.71 bits per heavy atom. The smallest absolute Gasteiger partial charge is 0.304 e. The third kappa shape index (κ3) is 1.78. The maximum Gasteiger partial charge on any atom is 0.304 e. The van der Waals surface area contributed by atoms with Crippen molar-refractivity contribution in [3.63, 3.8) is 0 Å². The number of hydrazine groups is 1. The molecule has 6 heteroatoms. The van der Waals surface area contributed by atoms with E-state index in [1.165, 1.54) is 7.11 Å². The van der Waals surface area contributed by atoms with Crippen molar-refractivity contribution in [1.29, 1.82) is 0 Å². The molecule has 1 amide bonds. The first-order valence-electron chi connectivity index (χ1n) is 4.86. The van der Waals surface area contributed by atoms with Crippen LogP contribution in [0.3, 0.4) is 0 Å². The van der Waals surface area contributed by atoms with E-state index >= 15 is 0 Å². The second-order valence-corrected chi connectivity index (χ2v) is 3.30. The normalized spacial score (nSPS) is 10.3. The average Bonchev–Trinajstić information content (AvgIpc) is 2.74.